The summed E-state index contributed by atoms with van der Waals surface area (Å²) >= 11 is 0. The zero-order valence-electron chi connectivity index (χ0n) is 44.4. The van der Waals surface area contributed by atoms with Crippen molar-refractivity contribution in [3.63, 3.8) is 0 Å². The van der Waals surface area contributed by atoms with Crippen LogP contribution in [0.2, 0.25) is 0 Å². The van der Waals surface area contributed by atoms with Crippen LogP contribution < -0.4 is 9.80 Å². The first-order chi connectivity index (χ1) is 39.3. The van der Waals surface area contributed by atoms with Gasteiger partial charge in [0, 0.05) is 61.1 Å². The standard InChI is InChI=1S/C76H50N2O2/c1-45-56-35-31-52(77(53-33-37-72-66(42-53)59-17-8-10-21-70(59)79-72)50-29-27-48-25-23-46-13-4-6-15-57(46)63(48)39-50)41-65(56)61-19-12-20-68-75(61)74(45)62-36-32-55(44-69(62)76(68,2)3)78(54-34-38-73-67(43-54)60-18-9-11-22-71(60)80-73)51-30-28-49-26-24-47-14-5-7-16-58(47)64(49)40-51/h4-44H,1-3H3. The number of furan rings is 2. The van der Waals surface area contributed by atoms with Crippen LogP contribution in [0, 0.1) is 6.92 Å². The van der Waals surface area contributed by atoms with Crippen LogP contribution >= 0.6 is 0 Å². The predicted octanol–water partition coefficient (Wildman–Crippen LogP) is 22.0. The maximum atomic E-state index is 6.39. The van der Waals surface area contributed by atoms with Gasteiger partial charge in [0.2, 0.25) is 0 Å². The fourth-order valence-corrected chi connectivity index (χ4v) is 13.9. The van der Waals surface area contributed by atoms with Crippen LogP contribution in [0.4, 0.5) is 34.1 Å². The fourth-order valence-electron chi connectivity index (χ4n) is 13.9. The molecule has 0 unspecified atom stereocenters. The second-order valence-corrected chi connectivity index (χ2v) is 22.4. The number of fused-ring (bicyclic) bond motifs is 16. The van der Waals surface area contributed by atoms with Crippen LogP contribution in [0.3, 0.4) is 0 Å². The molecule has 4 nitrogen and oxygen atoms in total. The summed E-state index contributed by atoms with van der Waals surface area (Å²) in [5, 5.41) is 19.3. The quantitative estimate of drug-likeness (QED) is 0.155. The van der Waals surface area contributed by atoms with Gasteiger partial charge in [-0.1, -0.05) is 166 Å². The topological polar surface area (TPSA) is 32.8 Å². The van der Waals surface area contributed by atoms with E-state index in [4.69, 9.17) is 8.83 Å². The van der Waals surface area contributed by atoms with Gasteiger partial charge in [-0.3, -0.25) is 0 Å². The third kappa shape index (κ3) is 6.51. The molecule has 0 radical (unpaired) electrons. The highest BCUT2D eigenvalue weighted by atomic mass is 16.3. The molecule has 0 amide bonds. The molecule has 0 atom stereocenters. The van der Waals surface area contributed by atoms with E-state index >= 15 is 0 Å². The average Bonchev–Trinajstić information content (AvgIpc) is 4.20. The summed E-state index contributed by atoms with van der Waals surface area (Å²) in [4.78, 5) is 4.88. The molecule has 16 aromatic rings. The lowest BCUT2D eigenvalue weighted by Crippen LogP contribution is -2.25. The Labute approximate surface area is 461 Å². The molecular weight excluding hydrogens is 973 g/mol. The number of rotatable bonds is 6. The minimum atomic E-state index is -0.353. The third-order valence-corrected chi connectivity index (χ3v) is 17.7. The van der Waals surface area contributed by atoms with Gasteiger partial charge >= 0.3 is 0 Å². The molecule has 80 heavy (non-hydrogen) atoms. The van der Waals surface area contributed by atoms with Gasteiger partial charge in [0.1, 0.15) is 22.3 Å². The summed E-state index contributed by atoms with van der Waals surface area (Å²) in [6.45, 7) is 7.17. The molecule has 0 saturated carbocycles. The molecule has 1 aliphatic rings. The second-order valence-electron chi connectivity index (χ2n) is 22.4. The van der Waals surface area contributed by atoms with Crippen molar-refractivity contribution in [1.29, 1.82) is 0 Å². The molecule has 0 N–H and O–H groups in total. The lowest BCUT2D eigenvalue weighted by atomic mass is 9.67. The van der Waals surface area contributed by atoms with Crippen molar-refractivity contribution in [1.82, 2.24) is 0 Å². The number of hydrogen-bond donors (Lipinski definition) is 0. The molecule has 0 saturated heterocycles. The number of benzene rings is 14. The minimum Gasteiger partial charge on any atom is -0.456 e. The lowest BCUT2D eigenvalue weighted by Gasteiger charge is -2.38. The van der Waals surface area contributed by atoms with Gasteiger partial charge in [0.25, 0.3) is 0 Å². The number of para-hydroxylation sites is 2. The molecule has 14 aromatic carbocycles. The van der Waals surface area contributed by atoms with Gasteiger partial charge in [-0.15, -0.1) is 0 Å². The Morgan fingerprint density at radius 2 is 0.688 bits per heavy atom. The highest BCUT2D eigenvalue weighted by Crippen LogP contribution is 2.54. The average molecular weight is 1020 g/mol. The van der Waals surface area contributed by atoms with E-state index in [1.54, 1.807) is 0 Å². The molecule has 2 heterocycles. The maximum Gasteiger partial charge on any atom is 0.135 e. The van der Waals surface area contributed by atoms with Gasteiger partial charge in [0.05, 0.1) is 0 Å². The van der Waals surface area contributed by atoms with Crippen molar-refractivity contribution in [3.8, 4) is 11.1 Å². The van der Waals surface area contributed by atoms with Gasteiger partial charge in [-0.2, -0.15) is 0 Å². The first kappa shape index (κ1) is 44.9. The molecule has 0 fully saturated rings. The van der Waals surface area contributed by atoms with Crippen LogP contribution in [0.25, 0.3) is 120 Å². The van der Waals surface area contributed by atoms with Crippen molar-refractivity contribution in [2.45, 2.75) is 26.2 Å². The molecule has 1 aliphatic carbocycles. The first-order valence-corrected chi connectivity index (χ1v) is 27.7. The monoisotopic (exact) mass is 1020 g/mol. The van der Waals surface area contributed by atoms with E-state index in [2.05, 4.69) is 267 Å². The van der Waals surface area contributed by atoms with Gasteiger partial charge in [-0.05, 0) is 196 Å². The Kier molecular flexibility index (Phi) is 9.36. The van der Waals surface area contributed by atoms with Gasteiger partial charge < -0.3 is 18.6 Å². The Morgan fingerprint density at radius 1 is 0.287 bits per heavy atom. The van der Waals surface area contributed by atoms with Crippen molar-refractivity contribution in [2.75, 3.05) is 9.80 Å². The van der Waals surface area contributed by atoms with Crippen LogP contribution in [-0.4, -0.2) is 0 Å². The SMILES string of the molecule is Cc1c2c3c(cccc3c3cc(N(c4ccc5ccc6ccccc6c5c4)c4ccc5oc6ccccc6c5c4)ccc13)C(C)(C)c1cc(N(c3ccc4ccc5ccccc5c4c3)c3ccc4oc5ccccc5c4c3)ccc1-2. The fraction of sp³-hybridized carbons (Fsp3) is 0.0526. The summed E-state index contributed by atoms with van der Waals surface area (Å²) in [5.41, 5.74) is 16.2. The highest BCUT2D eigenvalue weighted by molar-refractivity contribution is 6.20. The molecule has 0 aliphatic heterocycles. The van der Waals surface area contributed by atoms with Crippen molar-refractivity contribution >= 4 is 143 Å². The lowest BCUT2D eigenvalue weighted by molar-refractivity contribution is 0.645. The van der Waals surface area contributed by atoms with E-state index in [0.717, 1.165) is 78.0 Å². The van der Waals surface area contributed by atoms with Crippen molar-refractivity contribution in [3.05, 3.63) is 265 Å². The van der Waals surface area contributed by atoms with Crippen molar-refractivity contribution < 1.29 is 8.83 Å². The molecular formula is C76H50N2O2. The summed E-state index contributed by atoms with van der Waals surface area (Å²) in [6, 6.07) is 91.6. The Morgan fingerprint density at radius 3 is 1.25 bits per heavy atom. The summed E-state index contributed by atoms with van der Waals surface area (Å²) in [7, 11) is 0. The Balaban J connectivity index is 0.860. The van der Waals surface area contributed by atoms with E-state index in [1.807, 2.05) is 12.1 Å². The number of anilines is 6. The summed E-state index contributed by atoms with van der Waals surface area (Å²) in [5.74, 6) is 0. The largest absolute Gasteiger partial charge is 0.456 e. The smallest absolute Gasteiger partial charge is 0.135 e. The predicted molar refractivity (Wildman–Crippen MR) is 338 cm³/mol. The van der Waals surface area contributed by atoms with E-state index in [9.17, 15) is 0 Å². The second kappa shape index (κ2) is 16.7. The molecule has 2 aromatic heterocycles. The van der Waals surface area contributed by atoms with Crippen LogP contribution in [0.5, 0.6) is 0 Å². The molecule has 17 rings (SSSR count). The molecule has 0 spiro atoms. The third-order valence-electron chi connectivity index (χ3n) is 17.7. The zero-order chi connectivity index (χ0) is 53.0. The van der Waals surface area contributed by atoms with Crippen LogP contribution in [0.1, 0.15) is 30.5 Å². The highest BCUT2D eigenvalue weighted by Gasteiger charge is 2.36. The Hall–Kier alpha value is -10.2. The van der Waals surface area contributed by atoms with E-state index in [-0.39, 0.29) is 5.41 Å². The van der Waals surface area contributed by atoms with Gasteiger partial charge in [0.15, 0.2) is 0 Å². The molecule has 0 bridgehead atoms. The van der Waals surface area contributed by atoms with E-state index in [0.29, 0.717) is 0 Å². The molecule has 4 heteroatoms. The van der Waals surface area contributed by atoms with E-state index in [1.165, 1.54) is 92.5 Å². The maximum absolute atomic E-state index is 6.39. The number of hydrogen-bond acceptors (Lipinski definition) is 4. The molecule has 376 valence electrons. The first-order valence-electron chi connectivity index (χ1n) is 27.7. The summed E-state index contributed by atoms with van der Waals surface area (Å²) < 4.78 is 12.8. The summed E-state index contributed by atoms with van der Waals surface area (Å²) in [6.07, 6.45) is 0. The van der Waals surface area contributed by atoms with Crippen LogP contribution in [-0.2, 0) is 5.41 Å². The van der Waals surface area contributed by atoms with Gasteiger partial charge in [-0.25, -0.2) is 0 Å². The number of aryl methyl sites for hydroxylation is 1. The number of nitrogens with zero attached hydrogens (tertiary/aromatic N) is 2. The zero-order valence-corrected chi connectivity index (χ0v) is 44.4. The van der Waals surface area contributed by atoms with Crippen LogP contribution in [0.15, 0.2) is 258 Å². The normalized spacial score (nSPS) is 13.0. The minimum absolute atomic E-state index is 0.353. The Bertz CT molecular complexity index is 5330. The van der Waals surface area contributed by atoms with Crippen molar-refractivity contribution in [2.24, 2.45) is 0 Å². The van der Waals surface area contributed by atoms with E-state index < -0.39 is 0 Å².